The summed E-state index contributed by atoms with van der Waals surface area (Å²) in [5.74, 6) is 0. The highest BCUT2D eigenvalue weighted by atomic mass is 35.5. The Morgan fingerprint density at radius 1 is 1.28 bits per heavy atom. The van der Waals surface area contributed by atoms with Gasteiger partial charge in [-0.05, 0) is 30.7 Å². The highest BCUT2D eigenvalue weighted by Gasteiger charge is 2.02. The van der Waals surface area contributed by atoms with Crippen LogP contribution in [0.25, 0.3) is 5.69 Å². The molecule has 2 aromatic rings. The van der Waals surface area contributed by atoms with Crippen molar-refractivity contribution in [3.8, 4) is 5.69 Å². The Morgan fingerprint density at radius 3 is 2.78 bits per heavy atom. The zero-order valence-corrected chi connectivity index (χ0v) is 11.1. The van der Waals surface area contributed by atoms with Crippen LogP contribution in [-0.4, -0.2) is 21.6 Å². The van der Waals surface area contributed by atoms with E-state index in [0.717, 1.165) is 30.8 Å². The van der Waals surface area contributed by atoms with Crippen LogP contribution in [0.2, 0.25) is 5.02 Å². The third kappa shape index (κ3) is 3.55. The van der Waals surface area contributed by atoms with Gasteiger partial charge in [0.1, 0.15) is 5.69 Å². The topological polar surface area (TPSA) is 39.9 Å². The standard InChI is InChI=1S/C13H16ClN3O/c1-2-3-8-18-10-12-9-17(16-15-12)13-6-4-11(14)5-7-13/h4-7,9H,2-3,8,10H2,1H3. The Kier molecular flexibility index (Phi) is 4.73. The average Bonchev–Trinajstić information content (AvgIpc) is 2.84. The molecule has 0 aliphatic rings. The summed E-state index contributed by atoms with van der Waals surface area (Å²) in [5, 5.41) is 8.84. The number of aromatic nitrogens is 3. The fraction of sp³-hybridized carbons (Fsp3) is 0.385. The molecule has 1 aromatic heterocycles. The zero-order valence-electron chi connectivity index (χ0n) is 10.3. The van der Waals surface area contributed by atoms with Gasteiger partial charge in [0.05, 0.1) is 18.5 Å². The Hall–Kier alpha value is -1.39. The SMILES string of the molecule is CCCCOCc1cn(-c2ccc(Cl)cc2)nn1. The Labute approximate surface area is 112 Å². The van der Waals surface area contributed by atoms with Crippen LogP contribution in [0.15, 0.2) is 30.5 Å². The molecule has 96 valence electrons. The number of benzene rings is 1. The average molecular weight is 266 g/mol. The molecule has 0 atom stereocenters. The number of unbranched alkanes of at least 4 members (excludes halogenated alkanes) is 1. The van der Waals surface area contributed by atoms with Crippen LogP contribution in [0.1, 0.15) is 25.5 Å². The van der Waals surface area contributed by atoms with Crippen molar-refractivity contribution in [1.82, 2.24) is 15.0 Å². The van der Waals surface area contributed by atoms with Crippen molar-refractivity contribution in [1.29, 1.82) is 0 Å². The molecule has 0 bridgehead atoms. The van der Waals surface area contributed by atoms with Gasteiger partial charge in [-0.1, -0.05) is 30.2 Å². The van der Waals surface area contributed by atoms with Gasteiger partial charge in [0.25, 0.3) is 0 Å². The fourth-order valence-electron chi connectivity index (χ4n) is 1.51. The summed E-state index contributed by atoms with van der Waals surface area (Å²) in [6, 6.07) is 7.46. The second-order valence-corrected chi connectivity index (χ2v) is 4.47. The van der Waals surface area contributed by atoms with Crippen LogP contribution in [-0.2, 0) is 11.3 Å². The van der Waals surface area contributed by atoms with Crippen LogP contribution >= 0.6 is 11.6 Å². The van der Waals surface area contributed by atoms with E-state index in [4.69, 9.17) is 16.3 Å². The number of rotatable bonds is 6. The lowest BCUT2D eigenvalue weighted by Crippen LogP contribution is -1.95. The molecule has 0 radical (unpaired) electrons. The van der Waals surface area contributed by atoms with Crippen molar-refractivity contribution in [3.63, 3.8) is 0 Å². The van der Waals surface area contributed by atoms with E-state index in [1.165, 1.54) is 0 Å². The van der Waals surface area contributed by atoms with Gasteiger partial charge >= 0.3 is 0 Å². The monoisotopic (exact) mass is 265 g/mol. The molecule has 18 heavy (non-hydrogen) atoms. The first-order valence-corrected chi connectivity index (χ1v) is 6.42. The van der Waals surface area contributed by atoms with Gasteiger partial charge in [-0.15, -0.1) is 5.10 Å². The number of nitrogens with zero attached hydrogens (tertiary/aromatic N) is 3. The molecule has 0 saturated heterocycles. The lowest BCUT2D eigenvalue weighted by molar-refractivity contribution is 0.115. The predicted octanol–water partition coefficient (Wildman–Crippen LogP) is 3.24. The van der Waals surface area contributed by atoms with Gasteiger partial charge in [0.15, 0.2) is 0 Å². The number of ether oxygens (including phenoxy) is 1. The highest BCUT2D eigenvalue weighted by molar-refractivity contribution is 6.30. The van der Waals surface area contributed by atoms with Crippen molar-refractivity contribution in [2.24, 2.45) is 0 Å². The van der Waals surface area contributed by atoms with Gasteiger partial charge in [0.2, 0.25) is 0 Å². The third-order valence-corrected chi connectivity index (χ3v) is 2.78. The van der Waals surface area contributed by atoms with Crippen LogP contribution in [0.4, 0.5) is 0 Å². The van der Waals surface area contributed by atoms with Gasteiger partial charge in [0, 0.05) is 11.6 Å². The molecule has 5 heteroatoms. The lowest BCUT2D eigenvalue weighted by Gasteiger charge is -2.00. The number of halogens is 1. The van der Waals surface area contributed by atoms with E-state index in [9.17, 15) is 0 Å². The van der Waals surface area contributed by atoms with Gasteiger partial charge in [-0.3, -0.25) is 0 Å². The zero-order chi connectivity index (χ0) is 12.8. The summed E-state index contributed by atoms with van der Waals surface area (Å²) < 4.78 is 7.21. The lowest BCUT2D eigenvalue weighted by atomic mass is 10.3. The largest absolute Gasteiger partial charge is 0.375 e. The van der Waals surface area contributed by atoms with E-state index < -0.39 is 0 Å². The first kappa shape index (κ1) is 13.1. The molecule has 1 aromatic carbocycles. The molecule has 0 aliphatic heterocycles. The van der Waals surface area contributed by atoms with Crippen LogP contribution < -0.4 is 0 Å². The van der Waals surface area contributed by atoms with Gasteiger partial charge in [-0.25, -0.2) is 4.68 Å². The van der Waals surface area contributed by atoms with E-state index in [1.807, 2.05) is 30.5 Å². The van der Waals surface area contributed by atoms with E-state index in [0.29, 0.717) is 11.6 Å². The molecule has 1 heterocycles. The summed E-state index contributed by atoms with van der Waals surface area (Å²) in [7, 11) is 0. The molecule has 4 nitrogen and oxygen atoms in total. The van der Waals surface area contributed by atoms with Crippen molar-refractivity contribution in [2.45, 2.75) is 26.4 Å². The molecular formula is C13H16ClN3O. The summed E-state index contributed by atoms with van der Waals surface area (Å²) in [4.78, 5) is 0. The Morgan fingerprint density at radius 2 is 2.06 bits per heavy atom. The van der Waals surface area contributed by atoms with Crippen molar-refractivity contribution >= 4 is 11.6 Å². The summed E-state index contributed by atoms with van der Waals surface area (Å²) in [6.07, 6.45) is 4.08. The van der Waals surface area contributed by atoms with E-state index in [2.05, 4.69) is 17.2 Å². The van der Waals surface area contributed by atoms with Crippen molar-refractivity contribution < 1.29 is 4.74 Å². The fourth-order valence-corrected chi connectivity index (χ4v) is 1.63. The van der Waals surface area contributed by atoms with Crippen molar-refractivity contribution in [2.75, 3.05) is 6.61 Å². The van der Waals surface area contributed by atoms with Crippen LogP contribution in [0.5, 0.6) is 0 Å². The third-order valence-electron chi connectivity index (χ3n) is 2.52. The van der Waals surface area contributed by atoms with E-state index in [1.54, 1.807) is 4.68 Å². The maximum absolute atomic E-state index is 5.84. The summed E-state index contributed by atoms with van der Waals surface area (Å²) >= 11 is 5.84. The predicted molar refractivity (Wildman–Crippen MR) is 70.9 cm³/mol. The molecule has 2 rings (SSSR count). The normalized spacial score (nSPS) is 10.8. The molecular weight excluding hydrogens is 250 g/mol. The quantitative estimate of drug-likeness (QED) is 0.753. The van der Waals surface area contributed by atoms with Gasteiger partial charge < -0.3 is 4.74 Å². The minimum absolute atomic E-state index is 0.508. The molecule has 0 fully saturated rings. The molecule has 0 amide bonds. The first-order chi connectivity index (χ1) is 8.79. The summed E-state index contributed by atoms with van der Waals surface area (Å²) in [6.45, 7) is 3.41. The van der Waals surface area contributed by atoms with Gasteiger partial charge in [-0.2, -0.15) is 0 Å². The minimum Gasteiger partial charge on any atom is -0.375 e. The first-order valence-electron chi connectivity index (χ1n) is 6.04. The number of hydrogen-bond acceptors (Lipinski definition) is 3. The van der Waals surface area contributed by atoms with Crippen LogP contribution in [0.3, 0.4) is 0 Å². The molecule has 0 unspecified atom stereocenters. The maximum Gasteiger partial charge on any atom is 0.109 e. The Balaban J connectivity index is 1.95. The smallest absolute Gasteiger partial charge is 0.109 e. The van der Waals surface area contributed by atoms with Crippen LogP contribution in [0, 0.1) is 0 Å². The minimum atomic E-state index is 0.508. The Bertz CT molecular complexity index is 481. The summed E-state index contributed by atoms with van der Waals surface area (Å²) in [5.41, 5.74) is 1.77. The van der Waals surface area contributed by atoms with E-state index >= 15 is 0 Å². The second kappa shape index (κ2) is 6.52. The molecule has 0 aliphatic carbocycles. The molecule has 0 spiro atoms. The highest BCUT2D eigenvalue weighted by Crippen LogP contribution is 2.12. The van der Waals surface area contributed by atoms with Crippen molar-refractivity contribution in [3.05, 3.63) is 41.2 Å². The molecule has 0 N–H and O–H groups in total. The maximum atomic E-state index is 5.84. The molecule has 0 saturated carbocycles. The number of hydrogen-bond donors (Lipinski definition) is 0. The second-order valence-electron chi connectivity index (χ2n) is 4.04. The van der Waals surface area contributed by atoms with E-state index in [-0.39, 0.29) is 0 Å².